The summed E-state index contributed by atoms with van der Waals surface area (Å²) in [5.41, 5.74) is 1.36. The number of rotatable bonds is 3. The Labute approximate surface area is 122 Å². The minimum atomic E-state index is 0.299. The molecule has 0 bridgehead atoms. The van der Waals surface area contributed by atoms with Gasteiger partial charge in [0.2, 0.25) is 0 Å². The number of hydrogen-bond acceptors (Lipinski definition) is 5. The molecular formula is C13H10BrNO3S. The summed E-state index contributed by atoms with van der Waals surface area (Å²) in [5, 5.41) is 12.0. The normalized spacial score (nSPS) is 15.3. The van der Waals surface area contributed by atoms with E-state index >= 15 is 0 Å². The third-order valence-corrected chi connectivity index (χ3v) is 4.36. The van der Waals surface area contributed by atoms with E-state index in [9.17, 15) is 0 Å². The number of nitrogens with zero attached hydrogens (tertiary/aromatic N) is 1. The minimum absolute atomic E-state index is 0.299. The van der Waals surface area contributed by atoms with Crippen LogP contribution in [0.25, 0.3) is 0 Å². The molecule has 0 unspecified atom stereocenters. The minimum Gasteiger partial charge on any atom is -0.488 e. The van der Waals surface area contributed by atoms with E-state index in [4.69, 9.17) is 14.7 Å². The van der Waals surface area contributed by atoms with E-state index in [1.165, 1.54) is 0 Å². The number of halogens is 1. The van der Waals surface area contributed by atoms with Gasteiger partial charge in [0.15, 0.2) is 0 Å². The van der Waals surface area contributed by atoms with Gasteiger partial charge in [0.05, 0.1) is 3.79 Å². The zero-order chi connectivity index (χ0) is 13.2. The van der Waals surface area contributed by atoms with E-state index in [2.05, 4.69) is 21.1 Å². The zero-order valence-corrected chi connectivity index (χ0v) is 12.2. The summed E-state index contributed by atoms with van der Waals surface area (Å²) >= 11 is 5.06. The molecule has 98 valence electrons. The average Bonchev–Trinajstić information content (AvgIpc) is 3.01. The fourth-order valence-corrected chi connectivity index (χ4v) is 3.24. The molecule has 1 aliphatic rings. The summed E-state index contributed by atoms with van der Waals surface area (Å²) in [7, 11) is 0. The highest BCUT2D eigenvalue weighted by Crippen LogP contribution is 2.31. The molecule has 0 atom stereocenters. The summed E-state index contributed by atoms with van der Waals surface area (Å²) in [6, 6.07) is 9.53. The predicted octanol–water partition coefficient (Wildman–Crippen LogP) is 3.66. The molecule has 1 N–H and O–H groups in total. The van der Waals surface area contributed by atoms with Gasteiger partial charge in [-0.05, 0) is 40.2 Å². The molecule has 0 saturated heterocycles. The molecule has 3 rings (SSSR count). The lowest BCUT2D eigenvalue weighted by molar-refractivity contribution is 0.305. The number of hydrogen-bond donors (Lipinski definition) is 1. The van der Waals surface area contributed by atoms with Crippen LogP contribution in [-0.4, -0.2) is 17.5 Å². The van der Waals surface area contributed by atoms with Crippen LogP contribution in [0.5, 0.6) is 11.5 Å². The van der Waals surface area contributed by atoms with Crippen LogP contribution in [0.3, 0.4) is 0 Å². The van der Waals surface area contributed by atoms with Crippen molar-refractivity contribution in [3.63, 3.8) is 0 Å². The Morgan fingerprint density at radius 1 is 1.37 bits per heavy atom. The third-order valence-electron chi connectivity index (χ3n) is 2.76. The van der Waals surface area contributed by atoms with Crippen molar-refractivity contribution in [1.82, 2.24) is 0 Å². The molecule has 2 aromatic rings. The number of benzene rings is 1. The van der Waals surface area contributed by atoms with Gasteiger partial charge >= 0.3 is 0 Å². The molecule has 6 heteroatoms. The molecule has 4 nitrogen and oxygen atoms in total. The summed E-state index contributed by atoms with van der Waals surface area (Å²) in [6.07, 6.45) is 0. The molecule has 1 aromatic carbocycles. The highest BCUT2D eigenvalue weighted by molar-refractivity contribution is 9.11. The second-order valence-electron chi connectivity index (χ2n) is 3.99. The lowest BCUT2D eigenvalue weighted by atomic mass is 10.1. The van der Waals surface area contributed by atoms with Gasteiger partial charge in [-0.3, -0.25) is 0 Å². The monoisotopic (exact) mass is 339 g/mol. The number of ether oxygens (including phenoxy) is 2. The SMILES string of the molecule is ON=C1COc2cc(OCc3ccc(Br)s3)ccc21. The van der Waals surface area contributed by atoms with Crippen LogP contribution >= 0.6 is 27.3 Å². The fraction of sp³-hybridized carbons (Fsp3) is 0.154. The number of fused-ring (bicyclic) bond motifs is 1. The Bertz CT molecular complexity index is 639. The van der Waals surface area contributed by atoms with Crippen molar-refractivity contribution >= 4 is 33.0 Å². The molecule has 0 spiro atoms. The molecule has 0 radical (unpaired) electrons. The molecular weight excluding hydrogens is 330 g/mol. The Morgan fingerprint density at radius 2 is 2.26 bits per heavy atom. The van der Waals surface area contributed by atoms with E-state index in [0.29, 0.717) is 24.7 Å². The van der Waals surface area contributed by atoms with Gasteiger partial charge in [-0.2, -0.15) is 0 Å². The molecule has 1 aromatic heterocycles. The van der Waals surface area contributed by atoms with Crippen molar-refractivity contribution in [1.29, 1.82) is 0 Å². The van der Waals surface area contributed by atoms with Gasteiger partial charge in [-0.25, -0.2) is 0 Å². The first kappa shape index (κ1) is 12.5. The maximum atomic E-state index is 8.81. The highest BCUT2D eigenvalue weighted by Gasteiger charge is 2.20. The summed E-state index contributed by atoms with van der Waals surface area (Å²) in [5.74, 6) is 1.43. The van der Waals surface area contributed by atoms with Gasteiger partial charge in [-0.15, -0.1) is 11.3 Å². The Hall–Kier alpha value is -1.53. The standard InChI is InChI=1S/C13H10BrNO3S/c14-13-4-2-9(19-13)6-17-8-1-3-10-11(15-16)7-18-12(10)5-8/h1-5,16H,6-7H2. The first-order valence-corrected chi connectivity index (χ1v) is 7.22. The second kappa shape index (κ2) is 5.22. The largest absolute Gasteiger partial charge is 0.488 e. The van der Waals surface area contributed by atoms with Crippen molar-refractivity contribution in [3.05, 3.63) is 44.6 Å². The maximum Gasteiger partial charge on any atom is 0.134 e. The number of thiophene rings is 1. The predicted molar refractivity (Wildman–Crippen MR) is 76.6 cm³/mol. The fourth-order valence-electron chi connectivity index (χ4n) is 1.84. The molecule has 0 fully saturated rings. The Balaban J connectivity index is 1.73. The van der Waals surface area contributed by atoms with Gasteiger partial charge in [0.25, 0.3) is 0 Å². The lowest BCUT2D eigenvalue weighted by Gasteiger charge is -2.06. The smallest absolute Gasteiger partial charge is 0.134 e. The molecule has 0 aliphatic carbocycles. The molecule has 0 amide bonds. The maximum absolute atomic E-state index is 8.81. The van der Waals surface area contributed by atoms with Crippen LogP contribution in [0.4, 0.5) is 0 Å². The Morgan fingerprint density at radius 3 is 3.00 bits per heavy atom. The molecule has 1 aliphatic heterocycles. The Kier molecular flexibility index (Phi) is 3.44. The average molecular weight is 340 g/mol. The van der Waals surface area contributed by atoms with E-state index < -0.39 is 0 Å². The van der Waals surface area contributed by atoms with Crippen LogP contribution in [0.2, 0.25) is 0 Å². The zero-order valence-electron chi connectivity index (χ0n) is 9.80. The van der Waals surface area contributed by atoms with Crippen LogP contribution in [0, 0.1) is 0 Å². The van der Waals surface area contributed by atoms with Crippen LogP contribution in [0.1, 0.15) is 10.4 Å². The van der Waals surface area contributed by atoms with Crippen LogP contribution < -0.4 is 9.47 Å². The molecule has 2 heterocycles. The van der Waals surface area contributed by atoms with Crippen molar-refractivity contribution in [2.75, 3.05) is 6.61 Å². The molecule has 0 saturated carbocycles. The van der Waals surface area contributed by atoms with E-state index in [1.54, 1.807) is 11.3 Å². The summed E-state index contributed by atoms with van der Waals surface area (Å²) < 4.78 is 12.2. The van der Waals surface area contributed by atoms with Crippen LogP contribution in [0.15, 0.2) is 39.3 Å². The second-order valence-corrected chi connectivity index (χ2v) is 6.54. The van der Waals surface area contributed by atoms with Crippen molar-refractivity contribution in [3.8, 4) is 11.5 Å². The van der Waals surface area contributed by atoms with Crippen molar-refractivity contribution in [2.24, 2.45) is 5.16 Å². The topological polar surface area (TPSA) is 51.1 Å². The summed E-state index contributed by atoms with van der Waals surface area (Å²) in [6.45, 7) is 0.823. The van der Waals surface area contributed by atoms with Gasteiger partial charge in [0, 0.05) is 16.5 Å². The van der Waals surface area contributed by atoms with Gasteiger partial charge in [0.1, 0.15) is 30.4 Å². The van der Waals surface area contributed by atoms with Gasteiger partial charge in [-0.1, -0.05) is 5.16 Å². The van der Waals surface area contributed by atoms with Gasteiger partial charge < -0.3 is 14.7 Å². The first-order chi connectivity index (χ1) is 9.26. The summed E-state index contributed by atoms with van der Waals surface area (Å²) in [4.78, 5) is 1.14. The quantitative estimate of drug-likeness (QED) is 0.685. The van der Waals surface area contributed by atoms with Crippen molar-refractivity contribution in [2.45, 2.75) is 6.61 Å². The number of oxime groups is 1. The van der Waals surface area contributed by atoms with E-state index in [-0.39, 0.29) is 0 Å². The first-order valence-electron chi connectivity index (χ1n) is 5.61. The lowest BCUT2D eigenvalue weighted by Crippen LogP contribution is -2.01. The molecule has 19 heavy (non-hydrogen) atoms. The van der Waals surface area contributed by atoms with E-state index in [1.807, 2.05) is 30.3 Å². The van der Waals surface area contributed by atoms with Crippen molar-refractivity contribution < 1.29 is 14.7 Å². The van der Waals surface area contributed by atoms with E-state index in [0.717, 1.165) is 20.0 Å². The van der Waals surface area contributed by atoms with Crippen LogP contribution in [-0.2, 0) is 6.61 Å². The third kappa shape index (κ3) is 2.59. The highest BCUT2D eigenvalue weighted by atomic mass is 79.9.